The summed E-state index contributed by atoms with van der Waals surface area (Å²) in [5.74, 6) is 1.36. The Morgan fingerprint density at radius 2 is 2.40 bits per heavy atom. The van der Waals surface area contributed by atoms with Crippen LogP contribution in [0.4, 0.5) is 0 Å². The highest BCUT2D eigenvalue weighted by Gasteiger charge is 2.27. The van der Waals surface area contributed by atoms with Gasteiger partial charge in [-0.25, -0.2) is 0 Å². The molecule has 0 radical (unpaired) electrons. The van der Waals surface area contributed by atoms with Crippen molar-refractivity contribution in [3.8, 4) is 0 Å². The topological polar surface area (TPSA) is 50.7 Å². The second-order valence-electron chi connectivity index (χ2n) is 2.34. The van der Waals surface area contributed by atoms with Crippen LogP contribution in [0.2, 0.25) is 0 Å². The van der Waals surface area contributed by atoms with Gasteiger partial charge in [-0.05, 0) is 0 Å². The first-order valence-corrected chi connectivity index (χ1v) is 3.25. The quantitative estimate of drug-likeness (QED) is 0.464. The van der Waals surface area contributed by atoms with Gasteiger partial charge in [-0.1, -0.05) is 0 Å². The molecule has 0 amide bonds. The van der Waals surface area contributed by atoms with Crippen molar-refractivity contribution in [3.63, 3.8) is 0 Å². The Morgan fingerprint density at radius 1 is 1.50 bits per heavy atom. The summed E-state index contributed by atoms with van der Waals surface area (Å²) in [7, 11) is 0. The Labute approximate surface area is 58.4 Å². The fourth-order valence-corrected chi connectivity index (χ4v) is 1.15. The molecule has 0 aromatic carbocycles. The third-order valence-electron chi connectivity index (χ3n) is 1.65. The van der Waals surface area contributed by atoms with Gasteiger partial charge in [-0.3, -0.25) is 0 Å². The van der Waals surface area contributed by atoms with E-state index in [1.807, 2.05) is 0 Å². The van der Waals surface area contributed by atoms with Crippen LogP contribution in [0.25, 0.3) is 0 Å². The molecule has 0 aromatic heterocycles. The van der Waals surface area contributed by atoms with E-state index in [4.69, 9.17) is 9.47 Å². The molecule has 0 bridgehead atoms. The number of aliphatic hydroxyl groups is 1. The SMILES string of the molecule is OC1CNCC2=C1OCO2. The molecule has 0 aromatic rings. The first-order chi connectivity index (χ1) is 4.88. The van der Waals surface area contributed by atoms with Gasteiger partial charge in [0.25, 0.3) is 0 Å². The monoisotopic (exact) mass is 143 g/mol. The van der Waals surface area contributed by atoms with E-state index >= 15 is 0 Å². The normalized spacial score (nSPS) is 31.1. The zero-order valence-corrected chi connectivity index (χ0v) is 5.46. The fourth-order valence-electron chi connectivity index (χ4n) is 1.15. The van der Waals surface area contributed by atoms with Gasteiger partial charge in [0.2, 0.25) is 6.79 Å². The van der Waals surface area contributed by atoms with Crippen molar-refractivity contribution in [1.82, 2.24) is 5.32 Å². The molecule has 2 rings (SSSR count). The molecular formula is C6H9NO3. The van der Waals surface area contributed by atoms with E-state index in [-0.39, 0.29) is 6.79 Å². The number of aliphatic hydroxyl groups excluding tert-OH is 1. The zero-order valence-electron chi connectivity index (χ0n) is 5.46. The lowest BCUT2D eigenvalue weighted by Crippen LogP contribution is -2.35. The van der Waals surface area contributed by atoms with Crippen molar-refractivity contribution in [2.24, 2.45) is 0 Å². The van der Waals surface area contributed by atoms with E-state index in [0.29, 0.717) is 18.8 Å². The van der Waals surface area contributed by atoms with E-state index in [1.54, 1.807) is 0 Å². The van der Waals surface area contributed by atoms with E-state index < -0.39 is 6.10 Å². The minimum atomic E-state index is -0.522. The molecule has 2 aliphatic rings. The Morgan fingerprint density at radius 3 is 3.20 bits per heavy atom. The highest BCUT2D eigenvalue weighted by atomic mass is 16.7. The number of β-amino-alcohol motifs (C(OH)–C–C–N with tert-alkyl or cyclic N) is 1. The average molecular weight is 143 g/mol. The van der Waals surface area contributed by atoms with Crippen LogP contribution in [0.1, 0.15) is 0 Å². The van der Waals surface area contributed by atoms with Crippen LogP contribution in [-0.4, -0.2) is 31.1 Å². The lowest BCUT2D eigenvalue weighted by Gasteiger charge is -2.17. The summed E-state index contributed by atoms with van der Waals surface area (Å²) in [6.07, 6.45) is -0.522. The number of hydrogen-bond acceptors (Lipinski definition) is 4. The molecule has 10 heavy (non-hydrogen) atoms. The molecule has 0 aliphatic carbocycles. The maximum Gasteiger partial charge on any atom is 0.230 e. The van der Waals surface area contributed by atoms with Crippen LogP contribution in [0.15, 0.2) is 11.5 Å². The smallest absolute Gasteiger partial charge is 0.230 e. The van der Waals surface area contributed by atoms with Crippen LogP contribution >= 0.6 is 0 Å². The molecule has 4 heteroatoms. The molecule has 0 fully saturated rings. The number of hydrogen-bond donors (Lipinski definition) is 2. The Hall–Kier alpha value is -0.740. The third kappa shape index (κ3) is 0.767. The van der Waals surface area contributed by atoms with Crippen LogP contribution in [0.5, 0.6) is 0 Å². The highest BCUT2D eigenvalue weighted by Crippen LogP contribution is 2.21. The summed E-state index contributed by atoms with van der Waals surface area (Å²) in [5.41, 5.74) is 0. The van der Waals surface area contributed by atoms with E-state index in [1.165, 1.54) is 0 Å². The van der Waals surface area contributed by atoms with Gasteiger partial charge in [-0.15, -0.1) is 0 Å². The van der Waals surface area contributed by atoms with Crippen LogP contribution < -0.4 is 5.32 Å². The number of ether oxygens (including phenoxy) is 2. The summed E-state index contributed by atoms with van der Waals surface area (Å²) in [6, 6.07) is 0. The van der Waals surface area contributed by atoms with Crippen LogP contribution in [-0.2, 0) is 9.47 Å². The van der Waals surface area contributed by atoms with Crippen molar-refractivity contribution in [2.75, 3.05) is 19.9 Å². The van der Waals surface area contributed by atoms with Gasteiger partial charge in [0.15, 0.2) is 11.5 Å². The third-order valence-corrected chi connectivity index (χ3v) is 1.65. The van der Waals surface area contributed by atoms with Crippen molar-refractivity contribution >= 4 is 0 Å². The zero-order chi connectivity index (χ0) is 6.97. The molecule has 2 aliphatic heterocycles. The maximum atomic E-state index is 9.25. The summed E-state index contributed by atoms with van der Waals surface area (Å²) >= 11 is 0. The first kappa shape index (κ1) is 6.00. The van der Waals surface area contributed by atoms with Crippen molar-refractivity contribution in [2.45, 2.75) is 6.10 Å². The molecule has 2 N–H and O–H groups in total. The molecule has 2 heterocycles. The Balaban J connectivity index is 2.22. The van der Waals surface area contributed by atoms with Gasteiger partial charge < -0.3 is 19.9 Å². The first-order valence-electron chi connectivity index (χ1n) is 3.25. The lowest BCUT2D eigenvalue weighted by atomic mass is 10.2. The minimum Gasteiger partial charge on any atom is -0.457 e. The molecule has 1 unspecified atom stereocenters. The van der Waals surface area contributed by atoms with Crippen molar-refractivity contribution in [1.29, 1.82) is 0 Å². The van der Waals surface area contributed by atoms with E-state index in [0.717, 1.165) is 5.76 Å². The van der Waals surface area contributed by atoms with Crippen molar-refractivity contribution in [3.05, 3.63) is 11.5 Å². The Kier molecular flexibility index (Phi) is 1.28. The van der Waals surface area contributed by atoms with Gasteiger partial charge in [0, 0.05) is 6.54 Å². The predicted octanol–water partition coefficient (Wildman–Crippen LogP) is -0.834. The fraction of sp³-hybridized carbons (Fsp3) is 0.667. The summed E-state index contributed by atoms with van der Waals surface area (Å²) in [5, 5.41) is 12.2. The van der Waals surface area contributed by atoms with Crippen LogP contribution in [0.3, 0.4) is 0 Å². The van der Waals surface area contributed by atoms with E-state index in [2.05, 4.69) is 5.32 Å². The highest BCUT2D eigenvalue weighted by molar-refractivity contribution is 5.14. The lowest BCUT2D eigenvalue weighted by molar-refractivity contribution is 0.0507. The molecule has 0 saturated heterocycles. The summed E-state index contributed by atoms with van der Waals surface area (Å²) in [6.45, 7) is 1.48. The van der Waals surface area contributed by atoms with Gasteiger partial charge >= 0.3 is 0 Å². The second-order valence-corrected chi connectivity index (χ2v) is 2.34. The van der Waals surface area contributed by atoms with Crippen LogP contribution in [0, 0.1) is 0 Å². The summed E-state index contributed by atoms with van der Waals surface area (Å²) < 4.78 is 10.1. The summed E-state index contributed by atoms with van der Waals surface area (Å²) in [4.78, 5) is 0. The van der Waals surface area contributed by atoms with E-state index in [9.17, 15) is 5.11 Å². The van der Waals surface area contributed by atoms with Gasteiger partial charge in [-0.2, -0.15) is 0 Å². The molecule has 0 spiro atoms. The Bertz CT molecular complexity index is 178. The van der Waals surface area contributed by atoms with Crippen molar-refractivity contribution < 1.29 is 14.6 Å². The molecule has 56 valence electrons. The largest absolute Gasteiger partial charge is 0.457 e. The molecule has 4 nitrogen and oxygen atoms in total. The maximum absolute atomic E-state index is 9.25. The predicted molar refractivity (Wildman–Crippen MR) is 32.9 cm³/mol. The minimum absolute atomic E-state index is 0.253. The second kappa shape index (κ2) is 2.14. The molecular weight excluding hydrogens is 134 g/mol. The standard InChI is InChI=1S/C6H9NO3/c8-4-1-7-2-5-6(4)10-3-9-5/h4,7-8H,1-3H2. The number of nitrogens with one attached hydrogen (secondary N) is 1. The average Bonchev–Trinajstić information content (AvgIpc) is 2.36. The number of rotatable bonds is 0. The molecule has 0 saturated carbocycles. The molecule has 1 atom stereocenters. The van der Waals surface area contributed by atoms with Gasteiger partial charge in [0.05, 0.1) is 6.54 Å². The van der Waals surface area contributed by atoms with Gasteiger partial charge in [0.1, 0.15) is 6.10 Å².